The molecule has 23 heavy (non-hydrogen) atoms. The smallest absolute Gasteiger partial charge is 0.255 e. The maximum atomic E-state index is 12.1. The van der Waals surface area contributed by atoms with Gasteiger partial charge in [0.25, 0.3) is 5.91 Å². The zero-order valence-corrected chi connectivity index (χ0v) is 14.1. The number of methoxy groups -OCH3 is 1. The van der Waals surface area contributed by atoms with Crippen LogP contribution in [0.4, 0.5) is 5.13 Å². The Morgan fingerprint density at radius 2 is 2.00 bits per heavy atom. The molecule has 0 saturated carbocycles. The lowest BCUT2D eigenvalue weighted by Crippen LogP contribution is -2.28. The maximum absolute atomic E-state index is 12.1. The fourth-order valence-electron chi connectivity index (χ4n) is 1.92. The average Bonchev–Trinajstić information content (AvgIpc) is 2.84. The first-order valence-corrected chi connectivity index (χ1v) is 7.98. The number of amides is 2. The normalized spacial score (nSPS) is 10.2. The summed E-state index contributed by atoms with van der Waals surface area (Å²) in [6.07, 6.45) is 0.179. The molecule has 2 amide bonds. The Balaban J connectivity index is 1.82. The Bertz CT molecular complexity index is 693. The summed E-state index contributed by atoms with van der Waals surface area (Å²) in [7, 11) is 1.51. The summed E-state index contributed by atoms with van der Waals surface area (Å²) in [4.78, 5) is 29.3. The first-order chi connectivity index (χ1) is 11.0. The van der Waals surface area contributed by atoms with E-state index in [-0.39, 0.29) is 24.8 Å². The fraction of sp³-hybridized carbons (Fsp3) is 0.312. The summed E-state index contributed by atoms with van der Waals surface area (Å²) in [5, 5.41) is 6.03. The highest BCUT2D eigenvalue weighted by molar-refractivity contribution is 7.15. The van der Waals surface area contributed by atoms with Crippen molar-refractivity contribution in [3.63, 3.8) is 0 Å². The van der Waals surface area contributed by atoms with Gasteiger partial charge in [-0.25, -0.2) is 4.98 Å². The number of hydrogen-bond donors (Lipinski definition) is 2. The van der Waals surface area contributed by atoms with Crippen molar-refractivity contribution in [3.8, 4) is 5.75 Å². The molecule has 0 atom stereocenters. The number of ether oxygens (including phenoxy) is 1. The molecule has 2 rings (SSSR count). The van der Waals surface area contributed by atoms with E-state index in [2.05, 4.69) is 15.6 Å². The minimum Gasteiger partial charge on any atom is -0.496 e. The zero-order chi connectivity index (χ0) is 16.8. The van der Waals surface area contributed by atoms with Crippen LogP contribution in [0.5, 0.6) is 5.75 Å². The van der Waals surface area contributed by atoms with Gasteiger partial charge >= 0.3 is 0 Å². The number of anilines is 1. The van der Waals surface area contributed by atoms with E-state index in [1.165, 1.54) is 18.4 Å². The minimum absolute atomic E-state index is 0.179. The van der Waals surface area contributed by atoms with Crippen molar-refractivity contribution in [1.29, 1.82) is 0 Å². The molecule has 2 N–H and O–H groups in total. The minimum atomic E-state index is -0.267. The number of thiazole rings is 1. The molecule has 7 heteroatoms. The van der Waals surface area contributed by atoms with Gasteiger partial charge in [0.2, 0.25) is 5.91 Å². The number of nitrogens with one attached hydrogen (secondary N) is 2. The third kappa shape index (κ3) is 4.53. The summed E-state index contributed by atoms with van der Waals surface area (Å²) < 4.78 is 5.14. The predicted molar refractivity (Wildman–Crippen MR) is 90.2 cm³/mol. The quantitative estimate of drug-likeness (QED) is 0.851. The van der Waals surface area contributed by atoms with Gasteiger partial charge < -0.3 is 15.4 Å². The van der Waals surface area contributed by atoms with Gasteiger partial charge in [-0.15, -0.1) is 11.3 Å². The van der Waals surface area contributed by atoms with Crippen molar-refractivity contribution in [2.75, 3.05) is 19.0 Å². The Morgan fingerprint density at radius 3 is 2.65 bits per heavy atom. The molecule has 122 valence electrons. The number of carbonyl (C=O) groups is 2. The Morgan fingerprint density at radius 1 is 1.26 bits per heavy atom. The van der Waals surface area contributed by atoms with Crippen molar-refractivity contribution in [2.45, 2.75) is 20.3 Å². The van der Waals surface area contributed by atoms with E-state index in [0.717, 1.165) is 10.6 Å². The Hall–Kier alpha value is -2.41. The average molecular weight is 333 g/mol. The highest BCUT2D eigenvalue weighted by atomic mass is 32.1. The number of rotatable bonds is 6. The highest BCUT2D eigenvalue weighted by Gasteiger charge is 2.12. The molecule has 0 unspecified atom stereocenters. The van der Waals surface area contributed by atoms with Gasteiger partial charge in [0, 0.05) is 17.8 Å². The van der Waals surface area contributed by atoms with Gasteiger partial charge in [0.05, 0.1) is 18.4 Å². The second-order valence-corrected chi connectivity index (χ2v) is 6.12. The van der Waals surface area contributed by atoms with Crippen LogP contribution in [-0.2, 0) is 4.79 Å². The van der Waals surface area contributed by atoms with Crippen LogP contribution in [0.2, 0.25) is 0 Å². The Kier molecular flexibility index (Phi) is 5.70. The molecule has 0 fully saturated rings. The molecule has 2 aromatic rings. The lowest BCUT2D eigenvalue weighted by atomic mass is 10.2. The molecule has 0 bridgehead atoms. The van der Waals surface area contributed by atoms with E-state index >= 15 is 0 Å². The van der Waals surface area contributed by atoms with Crippen LogP contribution >= 0.6 is 11.3 Å². The second kappa shape index (κ2) is 7.73. The number of aromatic nitrogens is 1. The SMILES string of the molecule is COc1ccccc1C(=O)NCCC(=O)Nc1nc(C)c(C)s1. The predicted octanol–water partition coefficient (Wildman–Crippen LogP) is 2.53. The van der Waals surface area contributed by atoms with Gasteiger partial charge in [-0.1, -0.05) is 12.1 Å². The molecular formula is C16H19N3O3S. The molecular weight excluding hydrogens is 314 g/mol. The molecule has 0 aliphatic rings. The number of carbonyl (C=O) groups excluding carboxylic acids is 2. The van der Waals surface area contributed by atoms with E-state index in [0.29, 0.717) is 16.4 Å². The number of aryl methyl sites for hydroxylation is 2. The lowest BCUT2D eigenvalue weighted by molar-refractivity contribution is -0.116. The van der Waals surface area contributed by atoms with Gasteiger partial charge in [-0.05, 0) is 26.0 Å². The molecule has 0 aliphatic heterocycles. The molecule has 1 aromatic heterocycles. The summed E-state index contributed by atoms with van der Waals surface area (Å²) in [6, 6.07) is 6.95. The number of hydrogen-bond acceptors (Lipinski definition) is 5. The largest absolute Gasteiger partial charge is 0.496 e. The lowest BCUT2D eigenvalue weighted by Gasteiger charge is -2.08. The van der Waals surface area contributed by atoms with Crippen LogP contribution in [-0.4, -0.2) is 30.5 Å². The van der Waals surface area contributed by atoms with Crippen molar-refractivity contribution < 1.29 is 14.3 Å². The van der Waals surface area contributed by atoms with Crippen LogP contribution < -0.4 is 15.4 Å². The van der Waals surface area contributed by atoms with E-state index in [1.54, 1.807) is 24.3 Å². The van der Waals surface area contributed by atoms with Crippen LogP contribution in [0.3, 0.4) is 0 Å². The third-order valence-corrected chi connectivity index (χ3v) is 4.25. The summed E-state index contributed by atoms with van der Waals surface area (Å²) in [5.41, 5.74) is 1.36. The molecule has 6 nitrogen and oxygen atoms in total. The van der Waals surface area contributed by atoms with Gasteiger partial charge in [0.15, 0.2) is 5.13 Å². The van der Waals surface area contributed by atoms with Gasteiger partial charge in [0.1, 0.15) is 5.75 Å². The summed E-state index contributed by atoms with van der Waals surface area (Å²) in [6.45, 7) is 4.09. The number of benzene rings is 1. The topological polar surface area (TPSA) is 80.3 Å². The molecule has 1 aromatic carbocycles. The number of nitrogens with zero attached hydrogens (tertiary/aromatic N) is 1. The van der Waals surface area contributed by atoms with E-state index in [1.807, 2.05) is 13.8 Å². The number of para-hydroxylation sites is 1. The molecule has 0 spiro atoms. The van der Waals surface area contributed by atoms with Crippen molar-refractivity contribution in [2.24, 2.45) is 0 Å². The fourth-order valence-corrected chi connectivity index (χ4v) is 2.76. The Labute approximate surface area is 138 Å². The maximum Gasteiger partial charge on any atom is 0.255 e. The summed E-state index contributed by atoms with van der Waals surface area (Å²) in [5.74, 6) is 0.0541. The van der Waals surface area contributed by atoms with E-state index in [4.69, 9.17) is 4.74 Å². The zero-order valence-electron chi connectivity index (χ0n) is 13.3. The molecule has 0 aliphatic carbocycles. The van der Waals surface area contributed by atoms with Crippen LogP contribution in [0, 0.1) is 13.8 Å². The van der Waals surface area contributed by atoms with Crippen molar-refractivity contribution in [3.05, 3.63) is 40.4 Å². The van der Waals surface area contributed by atoms with Gasteiger partial charge in [-0.2, -0.15) is 0 Å². The van der Waals surface area contributed by atoms with Gasteiger partial charge in [-0.3, -0.25) is 9.59 Å². The molecule has 1 heterocycles. The van der Waals surface area contributed by atoms with Crippen molar-refractivity contribution >= 4 is 28.3 Å². The molecule has 0 radical (unpaired) electrons. The van der Waals surface area contributed by atoms with Crippen molar-refractivity contribution in [1.82, 2.24) is 10.3 Å². The first-order valence-electron chi connectivity index (χ1n) is 7.16. The third-order valence-electron chi connectivity index (χ3n) is 3.26. The second-order valence-electron chi connectivity index (χ2n) is 4.91. The van der Waals surface area contributed by atoms with Crippen LogP contribution in [0.25, 0.3) is 0 Å². The first kappa shape index (κ1) is 17.0. The van der Waals surface area contributed by atoms with Crippen LogP contribution in [0.1, 0.15) is 27.3 Å². The van der Waals surface area contributed by atoms with E-state index < -0.39 is 0 Å². The highest BCUT2D eigenvalue weighted by Crippen LogP contribution is 2.21. The molecule has 0 saturated heterocycles. The summed E-state index contributed by atoms with van der Waals surface area (Å²) >= 11 is 1.44. The van der Waals surface area contributed by atoms with E-state index in [9.17, 15) is 9.59 Å². The monoisotopic (exact) mass is 333 g/mol. The standard InChI is InChI=1S/C16H19N3O3S/c1-10-11(2)23-16(18-10)19-14(20)8-9-17-15(21)12-6-4-5-7-13(12)22-3/h4-7H,8-9H2,1-3H3,(H,17,21)(H,18,19,20). The van der Waals surface area contributed by atoms with Crippen LogP contribution in [0.15, 0.2) is 24.3 Å².